The Labute approximate surface area is 192 Å². The first-order valence-corrected chi connectivity index (χ1v) is 12.0. The van der Waals surface area contributed by atoms with Gasteiger partial charge in [-0.1, -0.05) is 29.8 Å². The van der Waals surface area contributed by atoms with Gasteiger partial charge in [0, 0.05) is 28.5 Å². The molecular formula is C25H31BrFN3O. The molecule has 31 heavy (non-hydrogen) atoms. The average molecular weight is 488 g/mol. The van der Waals surface area contributed by atoms with Crippen molar-refractivity contribution in [2.45, 2.75) is 33.1 Å². The summed E-state index contributed by atoms with van der Waals surface area (Å²) in [6.07, 6.45) is 3.86. The lowest BCUT2D eigenvalue weighted by Crippen LogP contribution is -2.25. The Balaban J connectivity index is 1.35. The summed E-state index contributed by atoms with van der Waals surface area (Å²) in [5.41, 5.74) is 2.09. The molecule has 166 valence electrons. The van der Waals surface area contributed by atoms with Crippen molar-refractivity contribution in [3.8, 4) is 17.0 Å². The van der Waals surface area contributed by atoms with Crippen molar-refractivity contribution in [2.24, 2.45) is 24.8 Å². The number of rotatable bonds is 10. The average Bonchev–Trinajstić information content (AvgIpc) is 3.50. The molecule has 0 radical (unpaired) electrons. The second-order valence-corrected chi connectivity index (χ2v) is 10.0. The van der Waals surface area contributed by atoms with Crippen LogP contribution in [0.2, 0.25) is 0 Å². The number of hydrogen-bond donors (Lipinski definition) is 1. The van der Waals surface area contributed by atoms with Gasteiger partial charge in [0.05, 0.1) is 12.1 Å². The first-order valence-electron chi connectivity index (χ1n) is 11.2. The van der Waals surface area contributed by atoms with E-state index in [0.29, 0.717) is 35.4 Å². The van der Waals surface area contributed by atoms with E-state index in [1.807, 2.05) is 31.3 Å². The van der Waals surface area contributed by atoms with Crippen molar-refractivity contribution in [1.82, 2.24) is 15.1 Å². The van der Waals surface area contributed by atoms with Crippen molar-refractivity contribution in [2.75, 3.05) is 19.7 Å². The molecule has 1 aliphatic carbocycles. The fourth-order valence-corrected chi connectivity index (χ4v) is 4.49. The molecule has 3 aromatic rings. The monoisotopic (exact) mass is 487 g/mol. The summed E-state index contributed by atoms with van der Waals surface area (Å²) in [6, 6.07) is 11.0. The van der Waals surface area contributed by atoms with E-state index in [1.54, 1.807) is 10.7 Å². The number of hydrogen-bond acceptors (Lipinski definition) is 3. The standard InChI is InChI=1S/C25H31BrFN3O/c1-16(13-28-14-18-4-5-18)10-17(2)15-31-20-7-9-21(23(27)12-20)25-22-8-6-19(26)11-24(22)30(3)29-25/h6-9,11-12,16-18,28H,4-5,10,13-15H2,1-3H3. The largest absolute Gasteiger partial charge is 0.493 e. The normalized spacial score (nSPS) is 15.9. The number of fused-ring (bicyclic) bond motifs is 1. The van der Waals surface area contributed by atoms with Gasteiger partial charge in [0.15, 0.2) is 0 Å². The van der Waals surface area contributed by atoms with Gasteiger partial charge in [0.25, 0.3) is 0 Å². The second-order valence-electron chi connectivity index (χ2n) is 9.13. The summed E-state index contributed by atoms with van der Waals surface area (Å²) in [4.78, 5) is 0. The molecule has 6 heteroatoms. The van der Waals surface area contributed by atoms with Gasteiger partial charge >= 0.3 is 0 Å². The highest BCUT2D eigenvalue weighted by atomic mass is 79.9. The number of aryl methyl sites for hydroxylation is 1. The van der Waals surface area contributed by atoms with Crippen LogP contribution in [0, 0.1) is 23.6 Å². The molecule has 0 saturated heterocycles. The van der Waals surface area contributed by atoms with Gasteiger partial charge in [-0.05, 0) is 80.4 Å². The summed E-state index contributed by atoms with van der Waals surface area (Å²) in [5.74, 6) is 2.19. The maximum Gasteiger partial charge on any atom is 0.136 e. The molecular weight excluding hydrogens is 457 g/mol. The molecule has 0 spiro atoms. The predicted molar refractivity (Wildman–Crippen MR) is 128 cm³/mol. The maximum absolute atomic E-state index is 14.9. The van der Waals surface area contributed by atoms with Crippen LogP contribution in [0.5, 0.6) is 5.75 Å². The topological polar surface area (TPSA) is 39.1 Å². The highest BCUT2D eigenvalue weighted by molar-refractivity contribution is 9.10. The minimum Gasteiger partial charge on any atom is -0.493 e. The Bertz CT molecular complexity index is 1050. The minimum atomic E-state index is -0.314. The Morgan fingerprint density at radius 3 is 2.74 bits per heavy atom. The molecule has 0 bridgehead atoms. The molecule has 1 N–H and O–H groups in total. The summed E-state index contributed by atoms with van der Waals surface area (Å²) in [6.45, 7) is 7.27. The van der Waals surface area contributed by atoms with E-state index in [2.05, 4.69) is 40.2 Å². The van der Waals surface area contributed by atoms with Crippen LogP contribution in [-0.4, -0.2) is 29.5 Å². The zero-order chi connectivity index (χ0) is 22.0. The van der Waals surface area contributed by atoms with Crippen molar-refractivity contribution in [3.63, 3.8) is 0 Å². The molecule has 0 amide bonds. The van der Waals surface area contributed by atoms with Gasteiger partial charge in [0.1, 0.15) is 17.3 Å². The van der Waals surface area contributed by atoms with E-state index in [9.17, 15) is 4.39 Å². The molecule has 1 heterocycles. The van der Waals surface area contributed by atoms with Crippen LogP contribution < -0.4 is 10.1 Å². The van der Waals surface area contributed by atoms with Gasteiger partial charge in [-0.3, -0.25) is 4.68 Å². The van der Waals surface area contributed by atoms with Crippen LogP contribution in [-0.2, 0) is 7.05 Å². The van der Waals surface area contributed by atoms with Crippen LogP contribution in [0.15, 0.2) is 40.9 Å². The van der Waals surface area contributed by atoms with Crippen molar-refractivity contribution >= 4 is 26.8 Å². The molecule has 1 fully saturated rings. The first-order chi connectivity index (χ1) is 14.9. The molecule has 1 saturated carbocycles. The summed E-state index contributed by atoms with van der Waals surface area (Å²) >= 11 is 3.48. The molecule has 2 unspecified atom stereocenters. The molecule has 2 aromatic carbocycles. The summed E-state index contributed by atoms with van der Waals surface area (Å²) in [7, 11) is 1.87. The van der Waals surface area contributed by atoms with Crippen LogP contribution >= 0.6 is 15.9 Å². The number of nitrogens with one attached hydrogen (secondary N) is 1. The summed E-state index contributed by atoms with van der Waals surface area (Å²) < 4.78 is 23.6. The minimum absolute atomic E-state index is 0.314. The highest BCUT2D eigenvalue weighted by Gasteiger charge is 2.21. The van der Waals surface area contributed by atoms with Crippen molar-refractivity contribution in [1.29, 1.82) is 0 Å². The third-order valence-electron chi connectivity index (χ3n) is 5.97. The number of benzene rings is 2. The zero-order valence-electron chi connectivity index (χ0n) is 18.5. The third-order valence-corrected chi connectivity index (χ3v) is 6.46. The van der Waals surface area contributed by atoms with E-state index < -0.39 is 0 Å². The van der Waals surface area contributed by atoms with Crippen LogP contribution in [0.4, 0.5) is 4.39 Å². The van der Waals surface area contributed by atoms with Crippen molar-refractivity contribution in [3.05, 3.63) is 46.7 Å². The van der Waals surface area contributed by atoms with Crippen LogP contribution in [0.3, 0.4) is 0 Å². The molecule has 4 nitrogen and oxygen atoms in total. The Kier molecular flexibility index (Phi) is 6.97. The van der Waals surface area contributed by atoms with Gasteiger partial charge in [0.2, 0.25) is 0 Å². The fourth-order valence-electron chi connectivity index (χ4n) is 4.14. The van der Waals surface area contributed by atoms with Gasteiger partial charge in [-0.15, -0.1) is 0 Å². The van der Waals surface area contributed by atoms with Crippen molar-refractivity contribution < 1.29 is 9.13 Å². The molecule has 1 aromatic heterocycles. The lowest BCUT2D eigenvalue weighted by atomic mass is 9.98. The second kappa shape index (κ2) is 9.70. The molecule has 1 aliphatic rings. The van der Waals surface area contributed by atoms with Gasteiger partial charge in [-0.2, -0.15) is 5.10 Å². The Morgan fingerprint density at radius 2 is 2.00 bits per heavy atom. The highest BCUT2D eigenvalue weighted by Crippen LogP contribution is 2.32. The lowest BCUT2D eigenvalue weighted by molar-refractivity contribution is 0.233. The molecule has 0 aliphatic heterocycles. The summed E-state index contributed by atoms with van der Waals surface area (Å²) in [5, 5.41) is 9.05. The Hall–Kier alpha value is -1.92. The SMILES string of the molecule is CC(CNCC1CC1)CC(C)COc1ccc(-c2nn(C)c3cc(Br)ccc23)c(F)c1. The van der Waals surface area contributed by atoms with Crippen LogP contribution in [0.1, 0.15) is 33.1 Å². The van der Waals surface area contributed by atoms with E-state index in [1.165, 1.54) is 18.9 Å². The van der Waals surface area contributed by atoms with Crippen LogP contribution in [0.25, 0.3) is 22.2 Å². The smallest absolute Gasteiger partial charge is 0.136 e. The predicted octanol–water partition coefficient (Wildman–Crippen LogP) is 6.18. The van der Waals surface area contributed by atoms with E-state index in [0.717, 1.165) is 40.8 Å². The number of aromatic nitrogens is 2. The van der Waals surface area contributed by atoms with Gasteiger partial charge < -0.3 is 10.1 Å². The van der Waals surface area contributed by atoms with E-state index in [4.69, 9.17) is 4.74 Å². The lowest BCUT2D eigenvalue weighted by Gasteiger charge is -2.18. The number of halogens is 2. The molecule has 2 atom stereocenters. The molecule has 4 rings (SSSR count). The maximum atomic E-state index is 14.9. The fraction of sp³-hybridized carbons (Fsp3) is 0.480. The van der Waals surface area contributed by atoms with Gasteiger partial charge in [-0.25, -0.2) is 4.39 Å². The quantitative estimate of drug-likeness (QED) is 0.370. The number of nitrogens with zero attached hydrogens (tertiary/aromatic N) is 2. The zero-order valence-corrected chi connectivity index (χ0v) is 20.1. The van der Waals surface area contributed by atoms with E-state index >= 15 is 0 Å². The third kappa shape index (κ3) is 5.66. The first kappa shape index (κ1) is 22.3. The van der Waals surface area contributed by atoms with E-state index in [-0.39, 0.29) is 5.82 Å². The Morgan fingerprint density at radius 1 is 1.19 bits per heavy atom. The number of ether oxygens (including phenoxy) is 1.